The van der Waals surface area contributed by atoms with Crippen LogP contribution in [-0.4, -0.2) is 37.3 Å². The highest BCUT2D eigenvalue weighted by atomic mass is 35.5. The van der Waals surface area contributed by atoms with Gasteiger partial charge in [0, 0.05) is 29.8 Å². The molecule has 0 atom stereocenters. The van der Waals surface area contributed by atoms with Crippen LogP contribution in [0.2, 0.25) is 5.02 Å². The van der Waals surface area contributed by atoms with Crippen LogP contribution in [0.1, 0.15) is 22.2 Å². The first-order valence-electron chi connectivity index (χ1n) is 7.93. The minimum Gasteiger partial charge on any atom is -0.455 e. The lowest BCUT2D eigenvalue weighted by Crippen LogP contribution is -2.25. The Labute approximate surface area is 160 Å². The van der Waals surface area contributed by atoms with Crippen molar-refractivity contribution < 1.29 is 22.2 Å². The van der Waals surface area contributed by atoms with Gasteiger partial charge in [-0.1, -0.05) is 16.8 Å². The van der Waals surface area contributed by atoms with E-state index in [2.05, 4.69) is 15.5 Å². The molecule has 0 aliphatic carbocycles. The Balaban J connectivity index is 1.52. The molecule has 2 heterocycles. The molecule has 2 aromatic heterocycles. The molecule has 0 aliphatic heterocycles. The molecule has 1 N–H and O–H groups in total. The Morgan fingerprint density at radius 3 is 2.63 bits per heavy atom. The molecule has 8 nitrogen and oxygen atoms in total. The molecule has 27 heavy (non-hydrogen) atoms. The fourth-order valence-corrected chi connectivity index (χ4v) is 3.08. The number of carbonyl (C=O) groups excluding carboxylic acids is 1. The topological polar surface area (TPSA) is 115 Å². The predicted octanol–water partition coefficient (Wildman–Crippen LogP) is 2.50. The quantitative estimate of drug-likeness (QED) is 0.637. The van der Waals surface area contributed by atoms with Gasteiger partial charge in [-0.2, -0.15) is 4.98 Å². The van der Waals surface area contributed by atoms with Crippen LogP contribution in [0.15, 0.2) is 45.3 Å². The first kappa shape index (κ1) is 19.1. The fraction of sp³-hybridized carbons (Fsp3) is 0.235. The van der Waals surface area contributed by atoms with E-state index >= 15 is 0 Å². The van der Waals surface area contributed by atoms with E-state index in [0.29, 0.717) is 23.2 Å². The van der Waals surface area contributed by atoms with Crippen LogP contribution in [0.3, 0.4) is 0 Å². The van der Waals surface area contributed by atoms with Crippen molar-refractivity contribution in [3.8, 4) is 11.4 Å². The van der Waals surface area contributed by atoms with Crippen LogP contribution >= 0.6 is 11.6 Å². The third-order valence-corrected chi connectivity index (χ3v) is 4.55. The summed E-state index contributed by atoms with van der Waals surface area (Å²) in [6.45, 7) is 0.253. The Bertz CT molecular complexity index is 1040. The molecule has 0 fully saturated rings. The van der Waals surface area contributed by atoms with Gasteiger partial charge in [-0.25, -0.2) is 8.42 Å². The Kier molecular flexibility index (Phi) is 5.62. The monoisotopic (exact) mass is 409 g/mol. The second-order valence-corrected chi connectivity index (χ2v) is 8.44. The van der Waals surface area contributed by atoms with Gasteiger partial charge in [0.25, 0.3) is 5.91 Å². The number of benzene rings is 1. The van der Waals surface area contributed by atoms with Crippen molar-refractivity contribution in [3.05, 3.63) is 58.8 Å². The van der Waals surface area contributed by atoms with E-state index in [0.717, 1.165) is 11.8 Å². The summed E-state index contributed by atoms with van der Waals surface area (Å²) in [5, 5.41) is 7.16. The van der Waals surface area contributed by atoms with Gasteiger partial charge < -0.3 is 14.3 Å². The molecule has 0 unspecified atom stereocenters. The van der Waals surface area contributed by atoms with Crippen LogP contribution in [0.5, 0.6) is 0 Å². The standard InChI is InChI=1S/C17H16ClN3O5S/c1-27(23,24)10-13-6-7-14(25-13)17(22)19-9-8-15-20-16(21-26-15)11-2-4-12(18)5-3-11/h2-7H,8-10H2,1H3,(H,19,22). The van der Waals surface area contributed by atoms with E-state index < -0.39 is 15.7 Å². The molecule has 1 aromatic carbocycles. The molecule has 0 saturated carbocycles. The molecule has 0 spiro atoms. The molecule has 142 valence electrons. The van der Waals surface area contributed by atoms with Gasteiger partial charge in [0.05, 0.1) is 0 Å². The number of halogens is 1. The van der Waals surface area contributed by atoms with Gasteiger partial charge in [0.2, 0.25) is 11.7 Å². The number of sulfone groups is 1. The van der Waals surface area contributed by atoms with Gasteiger partial charge in [0.15, 0.2) is 15.6 Å². The highest BCUT2D eigenvalue weighted by molar-refractivity contribution is 7.89. The van der Waals surface area contributed by atoms with Crippen molar-refractivity contribution in [2.24, 2.45) is 0 Å². The zero-order chi connectivity index (χ0) is 19.4. The average molecular weight is 410 g/mol. The minimum absolute atomic E-state index is 0.0426. The minimum atomic E-state index is -3.23. The SMILES string of the molecule is CS(=O)(=O)Cc1ccc(C(=O)NCCc2nc(-c3ccc(Cl)cc3)no2)o1. The summed E-state index contributed by atoms with van der Waals surface area (Å²) in [5.41, 5.74) is 0.771. The third-order valence-electron chi connectivity index (χ3n) is 3.48. The fourth-order valence-electron chi connectivity index (χ4n) is 2.28. The van der Waals surface area contributed by atoms with E-state index in [9.17, 15) is 13.2 Å². The van der Waals surface area contributed by atoms with Crippen LogP contribution in [0.25, 0.3) is 11.4 Å². The molecule has 0 radical (unpaired) electrons. The predicted molar refractivity (Wildman–Crippen MR) is 98.0 cm³/mol. The highest BCUT2D eigenvalue weighted by Crippen LogP contribution is 2.18. The lowest BCUT2D eigenvalue weighted by molar-refractivity contribution is 0.0924. The van der Waals surface area contributed by atoms with Crippen molar-refractivity contribution in [1.82, 2.24) is 15.5 Å². The second kappa shape index (κ2) is 7.93. The molecule has 10 heteroatoms. The summed E-state index contributed by atoms with van der Waals surface area (Å²) in [7, 11) is -3.23. The number of amides is 1. The number of rotatable bonds is 7. The summed E-state index contributed by atoms with van der Waals surface area (Å²) in [6, 6.07) is 9.92. The molecular formula is C17H16ClN3O5S. The van der Waals surface area contributed by atoms with Crippen LogP contribution in [0, 0.1) is 0 Å². The van der Waals surface area contributed by atoms with Crippen molar-refractivity contribution in [1.29, 1.82) is 0 Å². The van der Waals surface area contributed by atoms with Crippen molar-refractivity contribution in [2.75, 3.05) is 12.8 Å². The molecule has 1 amide bonds. The van der Waals surface area contributed by atoms with Crippen molar-refractivity contribution >= 4 is 27.3 Å². The molecule has 3 rings (SSSR count). The van der Waals surface area contributed by atoms with Gasteiger partial charge in [-0.05, 0) is 36.4 Å². The van der Waals surface area contributed by atoms with E-state index in [1.807, 2.05) is 0 Å². The van der Waals surface area contributed by atoms with Gasteiger partial charge >= 0.3 is 0 Å². The van der Waals surface area contributed by atoms with Crippen molar-refractivity contribution in [3.63, 3.8) is 0 Å². The number of nitrogens with zero attached hydrogens (tertiary/aromatic N) is 2. The summed E-state index contributed by atoms with van der Waals surface area (Å²) in [6.07, 6.45) is 1.43. The van der Waals surface area contributed by atoms with Crippen LogP contribution < -0.4 is 5.32 Å². The highest BCUT2D eigenvalue weighted by Gasteiger charge is 2.15. The maximum absolute atomic E-state index is 12.0. The zero-order valence-corrected chi connectivity index (χ0v) is 15.9. The molecule has 0 bridgehead atoms. The Morgan fingerprint density at radius 1 is 1.19 bits per heavy atom. The number of nitrogens with one attached hydrogen (secondary N) is 1. The van der Waals surface area contributed by atoms with Crippen LogP contribution in [-0.2, 0) is 22.0 Å². The third kappa shape index (κ3) is 5.41. The van der Waals surface area contributed by atoms with Gasteiger partial charge in [0.1, 0.15) is 11.5 Å². The van der Waals surface area contributed by atoms with E-state index in [1.54, 1.807) is 24.3 Å². The Hall–Kier alpha value is -2.65. The molecule has 0 saturated heterocycles. The van der Waals surface area contributed by atoms with E-state index in [4.69, 9.17) is 20.5 Å². The summed E-state index contributed by atoms with van der Waals surface area (Å²) in [5.74, 6) is 0.359. The average Bonchev–Trinajstić information content (AvgIpc) is 3.24. The lowest BCUT2D eigenvalue weighted by Gasteiger charge is -2.00. The Morgan fingerprint density at radius 2 is 1.93 bits per heavy atom. The number of carbonyl (C=O) groups is 1. The van der Waals surface area contributed by atoms with E-state index in [1.165, 1.54) is 12.1 Å². The summed E-state index contributed by atoms with van der Waals surface area (Å²) >= 11 is 5.84. The smallest absolute Gasteiger partial charge is 0.287 e. The zero-order valence-electron chi connectivity index (χ0n) is 14.3. The normalized spacial score (nSPS) is 11.5. The molecule has 0 aliphatic rings. The van der Waals surface area contributed by atoms with Crippen LogP contribution in [0.4, 0.5) is 0 Å². The van der Waals surface area contributed by atoms with Gasteiger partial charge in [-0.15, -0.1) is 0 Å². The maximum Gasteiger partial charge on any atom is 0.287 e. The molecular weight excluding hydrogens is 394 g/mol. The first-order chi connectivity index (χ1) is 12.8. The second-order valence-electron chi connectivity index (χ2n) is 5.86. The van der Waals surface area contributed by atoms with Gasteiger partial charge in [-0.3, -0.25) is 4.79 Å². The summed E-state index contributed by atoms with van der Waals surface area (Å²) in [4.78, 5) is 16.3. The van der Waals surface area contributed by atoms with E-state index in [-0.39, 0.29) is 23.8 Å². The number of furan rings is 1. The maximum atomic E-state index is 12.0. The number of aromatic nitrogens is 2. The first-order valence-corrected chi connectivity index (χ1v) is 10.4. The largest absolute Gasteiger partial charge is 0.455 e. The van der Waals surface area contributed by atoms with Crippen molar-refractivity contribution in [2.45, 2.75) is 12.2 Å². The molecule has 3 aromatic rings. The summed E-state index contributed by atoms with van der Waals surface area (Å²) < 4.78 is 32.9. The number of hydrogen-bond acceptors (Lipinski definition) is 7. The lowest BCUT2D eigenvalue weighted by atomic mass is 10.2. The number of hydrogen-bond donors (Lipinski definition) is 1.